The summed E-state index contributed by atoms with van der Waals surface area (Å²) in [7, 11) is 1.67. The van der Waals surface area contributed by atoms with Crippen molar-refractivity contribution in [3.8, 4) is 22.4 Å². The van der Waals surface area contributed by atoms with E-state index in [0.717, 1.165) is 22.2 Å². The number of ether oxygens (including phenoxy) is 1. The average molecular weight is 454 g/mol. The Labute approximate surface area is 194 Å². The Bertz CT molecular complexity index is 1490. The minimum absolute atomic E-state index is 0.184. The molecular weight excluding hydrogens is 432 g/mol. The van der Waals surface area contributed by atoms with Crippen molar-refractivity contribution in [2.75, 3.05) is 24.8 Å². The van der Waals surface area contributed by atoms with E-state index in [4.69, 9.17) is 15.5 Å². The Balaban J connectivity index is 1.47. The van der Waals surface area contributed by atoms with Crippen LogP contribution in [-0.4, -0.2) is 43.4 Å². The molecule has 0 atom stereocenters. The quantitative estimate of drug-likeness (QED) is 0.341. The van der Waals surface area contributed by atoms with Gasteiger partial charge in [0.1, 0.15) is 5.82 Å². The number of rotatable bonds is 7. The molecule has 0 radical (unpaired) electrons. The van der Waals surface area contributed by atoms with Gasteiger partial charge in [0.05, 0.1) is 30.4 Å². The number of H-pyrrole nitrogens is 1. The van der Waals surface area contributed by atoms with E-state index < -0.39 is 0 Å². The van der Waals surface area contributed by atoms with Gasteiger partial charge in [-0.3, -0.25) is 9.48 Å². The van der Waals surface area contributed by atoms with Crippen LogP contribution in [0.2, 0.25) is 0 Å². The van der Waals surface area contributed by atoms with Gasteiger partial charge >= 0.3 is 0 Å². The monoisotopic (exact) mass is 454 g/mol. The predicted molar refractivity (Wildman–Crippen MR) is 131 cm³/mol. The molecule has 5 aromatic rings. The van der Waals surface area contributed by atoms with E-state index in [1.54, 1.807) is 25.7 Å². The number of benzene rings is 1. The molecule has 0 saturated heterocycles. The van der Waals surface area contributed by atoms with Crippen molar-refractivity contribution in [1.29, 1.82) is 0 Å². The van der Waals surface area contributed by atoms with Crippen molar-refractivity contribution in [1.82, 2.24) is 29.7 Å². The van der Waals surface area contributed by atoms with Crippen molar-refractivity contribution in [2.24, 2.45) is 0 Å². The van der Waals surface area contributed by atoms with Gasteiger partial charge in [0, 0.05) is 48.7 Å². The molecule has 4 N–H and O–H groups in total. The van der Waals surface area contributed by atoms with Crippen LogP contribution in [0.25, 0.3) is 33.2 Å². The number of fused-ring (bicyclic) bond motifs is 1. The maximum Gasteiger partial charge on any atom is 0.259 e. The van der Waals surface area contributed by atoms with Gasteiger partial charge in [-0.05, 0) is 35.2 Å². The number of nitrogen functional groups attached to an aromatic ring is 1. The number of hydrogen-bond acceptors (Lipinski definition) is 8. The topological polar surface area (TPSA) is 137 Å². The van der Waals surface area contributed by atoms with E-state index in [2.05, 4.69) is 25.4 Å². The lowest BCUT2D eigenvalue weighted by Crippen LogP contribution is -2.09. The zero-order chi connectivity index (χ0) is 23.5. The zero-order valence-corrected chi connectivity index (χ0v) is 18.4. The lowest BCUT2D eigenvalue weighted by Gasteiger charge is -2.11. The van der Waals surface area contributed by atoms with Crippen LogP contribution in [0, 0.1) is 0 Å². The second kappa shape index (κ2) is 9.12. The van der Waals surface area contributed by atoms with E-state index >= 15 is 0 Å². The summed E-state index contributed by atoms with van der Waals surface area (Å²) in [6, 6.07) is 11.5. The lowest BCUT2D eigenvalue weighted by molar-refractivity contribution is 0.183. The number of anilines is 3. The number of nitrogens with two attached hydrogens (primary N) is 1. The number of aromatic nitrogens is 6. The molecule has 170 valence electrons. The highest BCUT2D eigenvalue weighted by molar-refractivity contribution is 5.95. The summed E-state index contributed by atoms with van der Waals surface area (Å²) in [4.78, 5) is 28.1. The summed E-state index contributed by atoms with van der Waals surface area (Å²) in [5.74, 6) is 0.620. The molecule has 0 fully saturated rings. The van der Waals surface area contributed by atoms with Gasteiger partial charge < -0.3 is 20.8 Å². The summed E-state index contributed by atoms with van der Waals surface area (Å²) in [6.45, 7) is 1.30. The number of hydrogen-bond donors (Lipinski definition) is 3. The van der Waals surface area contributed by atoms with Crippen molar-refractivity contribution < 1.29 is 4.74 Å². The number of methoxy groups -OCH3 is 1. The van der Waals surface area contributed by atoms with Gasteiger partial charge in [-0.1, -0.05) is 12.1 Å². The van der Waals surface area contributed by atoms with Crippen molar-refractivity contribution >= 4 is 28.2 Å². The molecule has 10 nitrogen and oxygen atoms in total. The highest BCUT2D eigenvalue weighted by Gasteiger charge is 2.12. The summed E-state index contributed by atoms with van der Waals surface area (Å²) in [5.41, 5.74) is 9.53. The SMILES string of the molecule is COCCn1cc(-c2ccc(Nc3nc(-c4cnc(N)nc4)cc4cc[nH]c(=O)c34)cc2)cn1. The van der Waals surface area contributed by atoms with Crippen molar-refractivity contribution in [3.05, 3.63) is 77.7 Å². The van der Waals surface area contributed by atoms with Gasteiger partial charge in [0.2, 0.25) is 5.95 Å². The van der Waals surface area contributed by atoms with E-state index in [9.17, 15) is 4.79 Å². The fraction of sp³-hybridized carbons (Fsp3) is 0.125. The highest BCUT2D eigenvalue weighted by Crippen LogP contribution is 2.28. The van der Waals surface area contributed by atoms with Gasteiger partial charge in [-0.25, -0.2) is 15.0 Å². The van der Waals surface area contributed by atoms with E-state index in [0.29, 0.717) is 35.6 Å². The third-order valence-corrected chi connectivity index (χ3v) is 5.36. The molecule has 0 amide bonds. The minimum Gasteiger partial charge on any atom is -0.383 e. The van der Waals surface area contributed by atoms with Gasteiger partial charge in [-0.2, -0.15) is 5.10 Å². The van der Waals surface area contributed by atoms with Crippen LogP contribution >= 0.6 is 0 Å². The first-order valence-corrected chi connectivity index (χ1v) is 10.6. The molecule has 34 heavy (non-hydrogen) atoms. The summed E-state index contributed by atoms with van der Waals surface area (Å²) in [5, 5.41) is 8.86. The molecule has 4 aromatic heterocycles. The molecule has 10 heteroatoms. The van der Waals surface area contributed by atoms with Crippen LogP contribution in [0.5, 0.6) is 0 Å². The Kier molecular flexibility index (Phi) is 5.71. The molecule has 0 spiro atoms. The molecule has 1 aromatic carbocycles. The average Bonchev–Trinajstić information content (AvgIpc) is 3.32. The Morgan fingerprint density at radius 3 is 2.62 bits per heavy atom. The third-order valence-electron chi connectivity index (χ3n) is 5.36. The van der Waals surface area contributed by atoms with E-state index in [1.807, 2.05) is 53.5 Å². The number of nitrogens with zero attached hydrogens (tertiary/aromatic N) is 5. The molecule has 0 aliphatic carbocycles. The van der Waals surface area contributed by atoms with Crippen LogP contribution < -0.4 is 16.6 Å². The maximum absolute atomic E-state index is 12.6. The van der Waals surface area contributed by atoms with E-state index in [-0.39, 0.29) is 11.5 Å². The van der Waals surface area contributed by atoms with Crippen LogP contribution in [0.1, 0.15) is 0 Å². The Morgan fingerprint density at radius 1 is 1.06 bits per heavy atom. The number of pyridine rings is 2. The molecule has 5 rings (SSSR count). The lowest BCUT2D eigenvalue weighted by atomic mass is 10.1. The first kappa shape index (κ1) is 21.3. The van der Waals surface area contributed by atoms with Crippen LogP contribution in [0.4, 0.5) is 17.5 Å². The normalized spacial score (nSPS) is 11.1. The van der Waals surface area contributed by atoms with Crippen LogP contribution in [0.15, 0.2) is 72.2 Å². The van der Waals surface area contributed by atoms with Crippen LogP contribution in [-0.2, 0) is 11.3 Å². The third kappa shape index (κ3) is 4.34. The maximum atomic E-state index is 12.6. The summed E-state index contributed by atoms with van der Waals surface area (Å²) in [6.07, 6.45) is 8.63. The molecule has 4 heterocycles. The largest absolute Gasteiger partial charge is 0.383 e. The van der Waals surface area contributed by atoms with Crippen LogP contribution in [0.3, 0.4) is 0 Å². The zero-order valence-electron chi connectivity index (χ0n) is 18.4. The molecule has 0 aliphatic rings. The first-order chi connectivity index (χ1) is 16.6. The van der Waals surface area contributed by atoms with E-state index in [1.165, 1.54) is 0 Å². The van der Waals surface area contributed by atoms with Gasteiger partial charge in [0.25, 0.3) is 5.56 Å². The highest BCUT2D eigenvalue weighted by atomic mass is 16.5. The molecular formula is C24H22N8O2. The predicted octanol–water partition coefficient (Wildman–Crippen LogP) is 3.22. The fourth-order valence-corrected chi connectivity index (χ4v) is 3.63. The smallest absolute Gasteiger partial charge is 0.259 e. The second-order valence-electron chi connectivity index (χ2n) is 7.64. The van der Waals surface area contributed by atoms with Gasteiger partial charge in [0.15, 0.2) is 0 Å². The minimum atomic E-state index is -0.229. The fourth-order valence-electron chi connectivity index (χ4n) is 3.63. The Morgan fingerprint density at radius 2 is 1.85 bits per heavy atom. The van der Waals surface area contributed by atoms with Crippen molar-refractivity contribution in [2.45, 2.75) is 6.54 Å². The van der Waals surface area contributed by atoms with Crippen molar-refractivity contribution in [3.63, 3.8) is 0 Å². The molecule has 0 saturated carbocycles. The van der Waals surface area contributed by atoms with Gasteiger partial charge in [-0.15, -0.1) is 0 Å². The second-order valence-corrected chi connectivity index (χ2v) is 7.64. The summed E-state index contributed by atoms with van der Waals surface area (Å²) >= 11 is 0. The molecule has 0 bridgehead atoms. The number of nitrogens with one attached hydrogen (secondary N) is 2. The molecule has 0 unspecified atom stereocenters. The molecule has 0 aliphatic heterocycles. The summed E-state index contributed by atoms with van der Waals surface area (Å²) < 4.78 is 6.95. The Hall–Kier alpha value is -4.57. The number of aromatic amines is 1. The standard InChI is InChI=1S/C24H22N8O2/c1-34-9-8-32-14-18(13-29-32)15-2-4-19(5-3-15)30-22-21-16(6-7-26-23(21)33)10-20(31-22)17-11-27-24(25)28-12-17/h2-7,10-14H,8-9H2,1H3,(H,26,33)(H,30,31)(H2,25,27,28). The first-order valence-electron chi connectivity index (χ1n) is 10.6.